The molecule has 4 rings (SSSR count). The molecule has 2 amide bonds. The normalized spacial score (nSPS) is 25.0. The first-order valence-electron chi connectivity index (χ1n) is 12.3. The van der Waals surface area contributed by atoms with Gasteiger partial charge >= 0.3 is 6.03 Å². The van der Waals surface area contributed by atoms with Gasteiger partial charge in [-0.1, -0.05) is 28.1 Å². The highest BCUT2D eigenvalue weighted by Crippen LogP contribution is 2.43. The van der Waals surface area contributed by atoms with Crippen LogP contribution in [0.5, 0.6) is 5.75 Å². The van der Waals surface area contributed by atoms with Crippen LogP contribution in [0.25, 0.3) is 0 Å². The fourth-order valence-electron chi connectivity index (χ4n) is 5.49. The van der Waals surface area contributed by atoms with E-state index in [2.05, 4.69) is 88.4 Å². The smallest absolute Gasteiger partial charge is 0.321 e. The number of amides is 2. The summed E-state index contributed by atoms with van der Waals surface area (Å²) in [6, 6.07) is 17.2. The van der Waals surface area contributed by atoms with E-state index in [1.807, 2.05) is 29.2 Å². The van der Waals surface area contributed by atoms with Gasteiger partial charge in [0.25, 0.3) is 0 Å². The minimum atomic E-state index is -0.0468. The Hall–Kier alpha value is -2.13. The van der Waals surface area contributed by atoms with E-state index in [-0.39, 0.29) is 6.03 Å². The Morgan fingerprint density at radius 3 is 2.34 bits per heavy atom. The Balaban J connectivity index is 1.59. The minimum Gasteiger partial charge on any atom is -0.497 e. The van der Waals surface area contributed by atoms with Crippen LogP contribution in [0, 0.1) is 0 Å². The number of carbonyl (C=O) groups is 1. The zero-order valence-corrected chi connectivity index (χ0v) is 23.0. The van der Waals surface area contributed by atoms with Crippen LogP contribution in [-0.2, 0) is 0 Å². The van der Waals surface area contributed by atoms with Gasteiger partial charge in [0.1, 0.15) is 5.75 Å². The number of hydrogen-bond acceptors (Lipinski definition) is 5. The zero-order chi connectivity index (χ0) is 25.1. The first-order chi connectivity index (χ1) is 16.8. The van der Waals surface area contributed by atoms with Crippen LogP contribution in [0.3, 0.4) is 0 Å². The van der Waals surface area contributed by atoms with Crippen molar-refractivity contribution in [3.63, 3.8) is 0 Å². The molecule has 2 aliphatic rings. The van der Waals surface area contributed by atoms with E-state index < -0.39 is 0 Å². The third-order valence-corrected chi connectivity index (χ3v) is 7.93. The predicted molar refractivity (Wildman–Crippen MR) is 145 cm³/mol. The molecule has 4 atom stereocenters. The van der Waals surface area contributed by atoms with Crippen molar-refractivity contribution < 1.29 is 9.53 Å². The summed E-state index contributed by atoms with van der Waals surface area (Å²) in [4.78, 5) is 22.7. The van der Waals surface area contributed by atoms with E-state index in [9.17, 15) is 4.79 Å². The molecule has 0 unspecified atom stereocenters. The number of nitrogens with zero attached hydrogens (tertiary/aromatic N) is 4. The monoisotopic (exact) mass is 543 g/mol. The lowest BCUT2D eigenvalue weighted by Gasteiger charge is -2.59. The van der Waals surface area contributed by atoms with E-state index in [0.29, 0.717) is 37.1 Å². The molecular weight excluding hydrogens is 506 g/mol. The summed E-state index contributed by atoms with van der Waals surface area (Å²) in [7, 11) is 10.2. The van der Waals surface area contributed by atoms with Crippen molar-refractivity contribution >= 4 is 27.6 Å². The molecule has 0 aliphatic carbocycles. The SMILES string of the molecule is COc1ccc(NC(=O)N2C[C@H](N(C)C)CCN3[C@H](CN(C)C)[C@H](c4ccc(Br)cc4)[C@@H]3C2)cc1. The summed E-state index contributed by atoms with van der Waals surface area (Å²) in [5.74, 6) is 1.16. The second-order valence-electron chi connectivity index (χ2n) is 10.2. The second-order valence-corrected chi connectivity index (χ2v) is 11.1. The number of carbonyl (C=O) groups excluding carboxylic acids is 1. The van der Waals surface area contributed by atoms with Gasteiger partial charge in [0.2, 0.25) is 0 Å². The number of ether oxygens (including phenoxy) is 1. The molecule has 1 N–H and O–H groups in total. The number of benzene rings is 2. The lowest BCUT2D eigenvalue weighted by molar-refractivity contribution is -0.0528. The van der Waals surface area contributed by atoms with Crippen molar-refractivity contribution in [2.45, 2.75) is 30.5 Å². The Morgan fingerprint density at radius 1 is 1.06 bits per heavy atom. The number of nitrogens with one attached hydrogen (secondary N) is 1. The van der Waals surface area contributed by atoms with Crippen LogP contribution in [0.4, 0.5) is 10.5 Å². The Labute approximate surface area is 218 Å². The number of methoxy groups -OCH3 is 1. The number of fused-ring (bicyclic) bond motifs is 1. The molecule has 2 aromatic carbocycles. The lowest BCUT2D eigenvalue weighted by atomic mass is 9.73. The standard InChI is InChI=1S/C27H38BrN5O2/c1-30(2)17-24-26(19-6-8-20(28)9-7-19)25-18-32(16-22(31(3)4)14-15-33(24)25)27(34)29-21-10-12-23(35-5)13-11-21/h6-13,22,24-26H,14-18H2,1-5H3,(H,29,34)/t22-,24-,25+,26+/m1/s1. The van der Waals surface area contributed by atoms with Gasteiger partial charge in [-0.2, -0.15) is 0 Å². The topological polar surface area (TPSA) is 51.3 Å². The van der Waals surface area contributed by atoms with Crippen LogP contribution in [0.15, 0.2) is 53.0 Å². The molecule has 8 heteroatoms. The van der Waals surface area contributed by atoms with E-state index in [0.717, 1.165) is 35.4 Å². The average Bonchev–Trinajstić information content (AvgIpc) is 2.81. The summed E-state index contributed by atoms with van der Waals surface area (Å²) in [6.45, 7) is 3.47. The van der Waals surface area contributed by atoms with Crippen LogP contribution in [0.2, 0.25) is 0 Å². The fraction of sp³-hybridized carbons (Fsp3) is 0.519. The number of anilines is 1. The van der Waals surface area contributed by atoms with Crippen molar-refractivity contribution in [1.82, 2.24) is 19.6 Å². The van der Waals surface area contributed by atoms with Crippen LogP contribution in [0.1, 0.15) is 17.9 Å². The van der Waals surface area contributed by atoms with Gasteiger partial charge in [-0.3, -0.25) is 4.90 Å². The van der Waals surface area contributed by atoms with E-state index in [1.165, 1.54) is 5.56 Å². The largest absolute Gasteiger partial charge is 0.497 e. The molecule has 0 bridgehead atoms. The summed E-state index contributed by atoms with van der Waals surface area (Å²) < 4.78 is 6.34. The molecule has 2 fully saturated rings. The van der Waals surface area contributed by atoms with Crippen molar-refractivity contribution in [2.75, 3.05) is 66.8 Å². The molecule has 2 saturated heterocycles. The van der Waals surface area contributed by atoms with E-state index in [1.54, 1.807) is 7.11 Å². The van der Waals surface area contributed by atoms with Gasteiger partial charge in [0.05, 0.1) is 7.11 Å². The van der Waals surface area contributed by atoms with Gasteiger partial charge in [0, 0.05) is 60.4 Å². The van der Waals surface area contributed by atoms with Crippen LogP contribution in [-0.4, -0.2) is 105 Å². The maximum Gasteiger partial charge on any atom is 0.321 e. The molecule has 2 aliphatic heterocycles. The van der Waals surface area contributed by atoms with Crippen LogP contribution < -0.4 is 10.1 Å². The Kier molecular flexibility index (Phi) is 8.37. The third-order valence-electron chi connectivity index (χ3n) is 7.41. The van der Waals surface area contributed by atoms with Gasteiger partial charge < -0.3 is 24.8 Å². The molecule has 2 aromatic rings. The highest BCUT2D eigenvalue weighted by Gasteiger charge is 2.50. The van der Waals surface area contributed by atoms with Crippen molar-refractivity contribution in [2.24, 2.45) is 0 Å². The molecule has 35 heavy (non-hydrogen) atoms. The molecule has 0 saturated carbocycles. The van der Waals surface area contributed by atoms with E-state index >= 15 is 0 Å². The molecular formula is C27H38BrN5O2. The third kappa shape index (κ3) is 6.00. The van der Waals surface area contributed by atoms with Crippen LogP contribution >= 0.6 is 15.9 Å². The van der Waals surface area contributed by atoms with Gasteiger partial charge in [-0.25, -0.2) is 4.79 Å². The van der Waals surface area contributed by atoms with Gasteiger partial charge in [-0.15, -0.1) is 0 Å². The first-order valence-corrected chi connectivity index (χ1v) is 13.1. The highest BCUT2D eigenvalue weighted by molar-refractivity contribution is 9.10. The second kappa shape index (κ2) is 11.3. The number of hydrogen-bond donors (Lipinski definition) is 1. The number of urea groups is 1. The van der Waals surface area contributed by atoms with E-state index in [4.69, 9.17) is 4.74 Å². The fourth-order valence-corrected chi connectivity index (χ4v) is 5.76. The number of rotatable bonds is 6. The lowest BCUT2D eigenvalue weighted by Crippen LogP contribution is -2.70. The molecule has 190 valence electrons. The summed E-state index contributed by atoms with van der Waals surface area (Å²) >= 11 is 3.58. The summed E-state index contributed by atoms with van der Waals surface area (Å²) in [5, 5.41) is 3.12. The van der Waals surface area contributed by atoms with Crippen molar-refractivity contribution in [3.8, 4) is 5.75 Å². The summed E-state index contributed by atoms with van der Waals surface area (Å²) in [5.41, 5.74) is 2.13. The van der Waals surface area contributed by atoms with Gasteiger partial charge in [0.15, 0.2) is 0 Å². The highest BCUT2D eigenvalue weighted by atomic mass is 79.9. The Morgan fingerprint density at radius 2 is 1.74 bits per heavy atom. The quantitative estimate of drug-likeness (QED) is 0.596. The van der Waals surface area contributed by atoms with Gasteiger partial charge in [-0.05, 0) is 76.6 Å². The molecule has 7 nitrogen and oxygen atoms in total. The molecule has 0 radical (unpaired) electrons. The number of halogens is 1. The maximum atomic E-state index is 13.5. The molecule has 0 spiro atoms. The minimum absolute atomic E-state index is 0.0468. The number of likely N-dealkylation sites (N-methyl/N-ethyl adjacent to an activating group) is 2. The Bertz CT molecular complexity index is 982. The molecule has 0 aromatic heterocycles. The van der Waals surface area contributed by atoms with Crippen molar-refractivity contribution in [3.05, 3.63) is 58.6 Å². The maximum absolute atomic E-state index is 13.5. The predicted octanol–water partition coefficient (Wildman–Crippen LogP) is 4.02. The van der Waals surface area contributed by atoms with Crippen molar-refractivity contribution in [1.29, 1.82) is 0 Å². The molecule has 2 heterocycles. The average molecular weight is 545 g/mol. The first kappa shape index (κ1) is 25.9. The zero-order valence-electron chi connectivity index (χ0n) is 21.4. The summed E-state index contributed by atoms with van der Waals surface area (Å²) in [6.07, 6.45) is 1.03.